The van der Waals surface area contributed by atoms with E-state index in [4.69, 9.17) is 14.6 Å². The molecule has 0 saturated carbocycles. The maximum atomic E-state index is 12.3. The van der Waals surface area contributed by atoms with Gasteiger partial charge in [0, 0.05) is 24.8 Å². The van der Waals surface area contributed by atoms with Crippen molar-refractivity contribution in [1.29, 1.82) is 0 Å². The largest absolute Gasteiger partial charge is 0.484 e. The van der Waals surface area contributed by atoms with Crippen molar-refractivity contribution in [2.75, 3.05) is 13.2 Å². The van der Waals surface area contributed by atoms with Gasteiger partial charge in [-0.2, -0.15) is 0 Å². The molecular formula is C19H20N2O5. The van der Waals surface area contributed by atoms with Crippen LogP contribution >= 0.6 is 0 Å². The van der Waals surface area contributed by atoms with Crippen LogP contribution in [0.5, 0.6) is 17.4 Å². The van der Waals surface area contributed by atoms with Gasteiger partial charge in [-0.05, 0) is 43.2 Å². The Kier molecular flexibility index (Phi) is 5.68. The molecule has 1 N–H and O–H groups in total. The molecule has 0 bridgehead atoms. The minimum absolute atomic E-state index is 0.0225. The van der Waals surface area contributed by atoms with Gasteiger partial charge in [-0.1, -0.05) is 6.07 Å². The number of amides is 1. The molecule has 1 atom stereocenters. The second-order valence-electron chi connectivity index (χ2n) is 6.01. The highest BCUT2D eigenvalue weighted by Gasteiger charge is 2.30. The molecule has 1 aromatic carbocycles. The van der Waals surface area contributed by atoms with Gasteiger partial charge in [-0.3, -0.25) is 9.59 Å². The number of hydrogen-bond acceptors (Lipinski definition) is 5. The summed E-state index contributed by atoms with van der Waals surface area (Å²) in [5, 5.41) is 8.93. The van der Waals surface area contributed by atoms with Crippen LogP contribution < -0.4 is 9.47 Å². The Bertz CT molecular complexity index is 748. The van der Waals surface area contributed by atoms with E-state index in [2.05, 4.69) is 4.98 Å². The Hall–Kier alpha value is -3.09. The fourth-order valence-corrected chi connectivity index (χ4v) is 2.94. The van der Waals surface area contributed by atoms with Gasteiger partial charge >= 0.3 is 5.97 Å². The molecule has 136 valence electrons. The Morgan fingerprint density at radius 1 is 1.15 bits per heavy atom. The van der Waals surface area contributed by atoms with Gasteiger partial charge in [0.05, 0.1) is 6.42 Å². The zero-order valence-electron chi connectivity index (χ0n) is 14.2. The molecule has 7 heteroatoms. The lowest BCUT2D eigenvalue weighted by Gasteiger charge is -2.23. The number of nitrogens with zero attached hydrogens (tertiary/aromatic N) is 2. The molecule has 2 aromatic rings. The van der Waals surface area contributed by atoms with Crippen LogP contribution in [0.3, 0.4) is 0 Å². The van der Waals surface area contributed by atoms with Crippen molar-refractivity contribution >= 4 is 11.9 Å². The first-order valence-electron chi connectivity index (χ1n) is 8.45. The van der Waals surface area contributed by atoms with Crippen LogP contribution in [-0.4, -0.2) is 46.1 Å². The molecular weight excluding hydrogens is 336 g/mol. The summed E-state index contributed by atoms with van der Waals surface area (Å²) in [6.07, 6.45) is 3.17. The highest BCUT2D eigenvalue weighted by atomic mass is 16.5. The van der Waals surface area contributed by atoms with Crippen LogP contribution in [0.2, 0.25) is 0 Å². The van der Waals surface area contributed by atoms with Gasteiger partial charge in [-0.15, -0.1) is 0 Å². The molecule has 1 fully saturated rings. The lowest BCUT2D eigenvalue weighted by Crippen LogP contribution is -2.39. The number of carbonyl (C=O) groups is 2. The van der Waals surface area contributed by atoms with E-state index >= 15 is 0 Å². The number of benzene rings is 1. The van der Waals surface area contributed by atoms with Crippen LogP contribution in [0.15, 0.2) is 48.7 Å². The molecule has 1 aromatic heterocycles. The number of aromatic nitrogens is 1. The number of carbonyl (C=O) groups excluding carboxylic acids is 1. The Balaban J connectivity index is 1.51. The lowest BCUT2D eigenvalue weighted by molar-refractivity contribution is -0.140. The summed E-state index contributed by atoms with van der Waals surface area (Å²) in [7, 11) is 0. The average molecular weight is 356 g/mol. The summed E-state index contributed by atoms with van der Waals surface area (Å²) >= 11 is 0. The molecule has 1 aliphatic heterocycles. The minimum atomic E-state index is -0.890. The zero-order valence-corrected chi connectivity index (χ0v) is 14.2. The van der Waals surface area contributed by atoms with Crippen LogP contribution in [0, 0.1) is 0 Å². The number of ether oxygens (including phenoxy) is 2. The quantitative estimate of drug-likeness (QED) is 0.820. The third-order valence-corrected chi connectivity index (χ3v) is 4.15. The summed E-state index contributed by atoms with van der Waals surface area (Å²) in [5.74, 6) is 0.570. The van der Waals surface area contributed by atoms with Crippen LogP contribution in [0.1, 0.15) is 19.3 Å². The van der Waals surface area contributed by atoms with E-state index in [9.17, 15) is 9.59 Å². The smallest absolute Gasteiger partial charge is 0.305 e. The fourth-order valence-electron chi connectivity index (χ4n) is 2.94. The molecule has 1 saturated heterocycles. The number of aliphatic carboxylic acids is 1. The van der Waals surface area contributed by atoms with Gasteiger partial charge in [-0.25, -0.2) is 4.98 Å². The van der Waals surface area contributed by atoms with E-state index < -0.39 is 5.97 Å². The van der Waals surface area contributed by atoms with Crippen molar-refractivity contribution in [3.8, 4) is 17.4 Å². The molecule has 0 radical (unpaired) electrons. The highest BCUT2D eigenvalue weighted by Crippen LogP contribution is 2.23. The Morgan fingerprint density at radius 3 is 2.62 bits per heavy atom. The third-order valence-electron chi connectivity index (χ3n) is 4.15. The maximum Gasteiger partial charge on any atom is 0.305 e. The van der Waals surface area contributed by atoms with Crippen LogP contribution in [0.25, 0.3) is 0 Å². The molecule has 1 aliphatic rings. The van der Waals surface area contributed by atoms with Crippen molar-refractivity contribution in [1.82, 2.24) is 9.88 Å². The van der Waals surface area contributed by atoms with E-state index in [0.717, 1.165) is 12.8 Å². The molecule has 3 rings (SSSR count). The normalized spacial score (nSPS) is 16.3. The standard InChI is InChI=1S/C19H20N2O5/c22-18(21-11-3-4-14(21)12-19(23)24)13-25-15-6-8-16(9-7-15)26-17-5-1-2-10-20-17/h1-2,5-10,14H,3-4,11-13H2,(H,23,24). The highest BCUT2D eigenvalue weighted by molar-refractivity contribution is 5.79. The average Bonchev–Trinajstić information content (AvgIpc) is 3.09. The summed E-state index contributed by atoms with van der Waals surface area (Å²) in [6.45, 7) is 0.466. The minimum Gasteiger partial charge on any atom is -0.484 e. The number of pyridine rings is 1. The number of carboxylic acids is 1. The van der Waals surface area contributed by atoms with E-state index in [0.29, 0.717) is 23.9 Å². The Morgan fingerprint density at radius 2 is 1.92 bits per heavy atom. The van der Waals surface area contributed by atoms with E-state index in [-0.39, 0.29) is 25.0 Å². The fraction of sp³-hybridized carbons (Fsp3) is 0.316. The van der Waals surface area contributed by atoms with E-state index in [1.807, 2.05) is 12.1 Å². The van der Waals surface area contributed by atoms with Crippen LogP contribution in [0.4, 0.5) is 0 Å². The predicted molar refractivity (Wildman–Crippen MR) is 93.2 cm³/mol. The maximum absolute atomic E-state index is 12.3. The van der Waals surface area contributed by atoms with Crippen molar-refractivity contribution in [2.24, 2.45) is 0 Å². The first-order valence-corrected chi connectivity index (χ1v) is 8.45. The van der Waals surface area contributed by atoms with Crippen molar-refractivity contribution in [3.63, 3.8) is 0 Å². The number of hydrogen-bond donors (Lipinski definition) is 1. The topological polar surface area (TPSA) is 89.0 Å². The second kappa shape index (κ2) is 8.33. The molecule has 0 aliphatic carbocycles. The SMILES string of the molecule is O=C(O)CC1CCCN1C(=O)COc1ccc(Oc2ccccn2)cc1. The summed E-state index contributed by atoms with van der Waals surface area (Å²) in [5.41, 5.74) is 0. The molecule has 1 unspecified atom stereocenters. The van der Waals surface area contributed by atoms with Gasteiger partial charge in [0.1, 0.15) is 11.5 Å². The summed E-state index contributed by atoms with van der Waals surface area (Å²) in [6, 6.07) is 12.1. The summed E-state index contributed by atoms with van der Waals surface area (Å²) < 4.78 is 11.1. The molecule has 1 amide bonds. The zero-order chi connectivity index (χ0) is 18.4. The van der Waals surface area contributed by atoms with Crippen molar-refractivity contribution in [3.05, 3.63) is 48.7 Å². The van der Waals surface area contributed by atoms with Crippen LogP contribution in [-0.2, 0) is 9.59 Å². The lowest BCUT2D eigenvalue weighted by atomic mass is 10.1. The van der Waals surface area contributed by atoms with E-state index in [1.165, 1.54) is 0 Å². The molecule has 26 heavy (non-hydrogen) atoms. The van der Waals surface area contributed by atoms with Gasteiger partial charge in [0.25, 0.3) is 5.91 Å². The molecule has 7 nitrogen and oxygen atoms in total. The number of carboxylic acid groups (broad SMARTS) is 1. The number of rotatable bonds is 7. The third kappa shape index (κ3) is 4.72. The first kappa shape index (κ1) is 17.7. The first-order chi connectivity index (χ1) is 12.6. The van der Waals surface area contributed by atoms with Crippen molar-refractivity contribution < 1.29 is 24.2 Å². The molecule has 2 heterocycles. The van der Waals surface area contributed by atoms with Gasteiger partial charge in [0.15, 0.2) is 6.61 Å². The molecule has 0 spiro atoms. The predicted octanol–water partition coefficient (Wildman–Crippen LogP) is 2.72. The van der Waals surface area contributed by atoms with Crippen molar-refractivity contribution in [2.45, 2.75) is 25.3 Å². The van der Waals surface area contributed by atoms with E-state index in [1.54, 1.807) is 41.4 Å². The summed E-state index contributed by atoms with van der Waals surface area (Å²) in [4.78, 5) is 28.9. The number of likely N-dealkylation sites (tertiary alicyclic amines) is 1. The monoisotopic (exact) mass is 356 g/mol. The second-order valence-corrected chi connectivity index (χ2v) is 6.01. The Labute approximate surface area is 151 Å². The van der Waals surface area contributed by atoms with Gasteiger partial charge in [0.2, 0.25) is 5.88 Å². The van der Waals surface area contributed by atoms with Gasteiger partial charge < -0.3 is 19.5 Å².